The van der Waals surface area contributed by atoms with Gasteiger partial charge >= 0.3 is 0 Å². The summed E-state index contributed by atoms with van der Waals surface area (Å²) >= 11 is 6.88. The molecule has 1 amide bonds. The highest BCUT2D eigenvalue weighted by Crippen LogP contribution is 2.34. The zero-order valence-electron chi connectivity index (χ0n) is 14.5. The van der Waals surface area contributed by atoms with Gasteiger partial charge in [-0.25, -0.2) is 5.43 Å². The molecule has 0 aliphatic heterocycles. The van der Waals surface area contributed by atoms with Crippen LogP contribution < -0.4 is 14.9 Å². The molecule has 0 aliphatic carbocycles. The molecule has 0 heterocycles. The predicted molar refractivity (Wildman–Crippen MR) is 110 cm³/mol. The van der Waals surface area contributed by atoms with Gasteiger partial charge in [-0.05, 0) is 52.7 Å². The van der Waals surface area contributed by atoms with E-state index in [9.17, 15) is 4.79 Å². The quantitative estimate of drug-likeness (QED) is 0.431. The van der Waals surface area contributed by atoms with E-state index in [1.54, 1.807) is 18.2 Å². The third-order valence-electron chi connectivity index (χ3n) is 3.30. The van der Waals surface area contributed by atoms with Crippen molar-refractivity contribution >= 4 is 44.0 Å². The fourth-order valence-corrected chi connectivity index (χ4v) is 2.75. The van der Waals surface area contributed by atoms with Gasteiger partial charge in [0.05, 0.1) is 18.9 Å². The highest BCUT2D eigenvalue weighted by molar-refractivity contribution is 9.10. The second-order valence-corrected chi connectivity index (χ2v) is 7.07. The summed E-state index contributed by atoms with van der Waals surface area (Å²) < 4.78 is 13.3. The Balaban J connectivity index is 2.14. The van der Waals surface area contributed by atoms with Crippen LogP contribution in [0.4, 0.5) is 0 Å². The van der Waals surface area contributed by atoms with E-state index in [0.717, 1.165) is 14.5 Å². The van der Waals surface area contributed by atoms with Gasteiger partial charge in [-0.15, -0.1) is 0 Å². The first kappa shape index (κ1) is 20.9. The highest BCUT2D eigenvalue weighted by atomic mass is 79.9. The molecule has 2 aromatic rings. The van der Waals surface area contributed by atoms with Crippen molar-refractivity contribution in [1.29, 1.82) is 5.26 Å². The van der Waals surface area contributed by atoms with Crippen LogP contribution in [0.2, 0.25) is 0 Å². The maximum Gasteiger partial charge on any atom is 0.254 e. The molecule has 0 unspecified atom stereocenters. The van der Waals surface area contributed by atoms with Crippen LogP contribution in [0.25, 0.3) is 0 Å². The summed E-state index contributed by atoms with van der Waals surface area (Å²) in [5.41, 5.74) is 4.02. The summed E-state index contributed by atoms with van der Waals surface area (Å²) in [7, 11) is 0. The second-order valence-electron chi connectivity index (χ2n) is 5.30. The average molecular weight is 495 g/mol. The third-order valence-corrected chi connectivity index (χ3v) is 4.52. The lowest BCUT2D eigenvalue weighted by molar-refractivity contribution is -0.120. The Bertz CT molecular complexity index is 862. The Morgan fingerprint density at radius 1 is 1.22 bits per heavy atom. The molecule has 8 heteroatoms. The summed E-state index contributed by atoms with van der Waals surface area (Å²) in [6.07, 6.45) is 1.23. The molecule has 2 rings (SSSR count). The molecule has 0 radical (unpaired) electrons. The normalized spacial score (nSPS) is 10.4. The molecule has 0 saturated heterocycles. The molecule has 27 heavy (non-hydrogen) atoms. The van der Waals surface area contributed by atoms with Gasteiger partial charge in [0, 0.05) is 14.5 Å². The van der Waals surface area contributed by atoms with E-state index in [1.807, 2.05) is 31.2 Å². The van der Waals surface area contributed by atoms with Crippen molar-refractivity contribution in [3.8, 4) is 17.6 Å². The van der Waals surface area contributed by atoms with Crippen LogP contribution in [0.3, 0.4) is 0 Å². The molecule has 0 spiro atoms. The van der Waals surface area contributed by atoms with Crippen LogP contribution >= 0.6 is 31.9 Å². The molecule has 0 bridgehead atoms. The van der Waals surface area contributed by atoms with Crippen LogP contribution in [0, 0.1) is 11.3 Å². The van der Waals surface area contributed by atoms with E-state index in [4.69, 9.17) is 14.7 Å². The molecule has 1 N–H and O–H groups in total. The van der Waals surface area contributed by atoms with Crippen molar-refractivity contribution in [2.75, 3.05) is 6.61 Å². The first-order valence-corrected chi connectivity index (χ1v) is 9.64. The van der Waals surface area contributed by atoms with E-state index in [0.29, 0.717) is 30.3 Å². The number of benzene rings is 2. The van der Waals surface area contributed by atoms with E-state index in [1.165, 1.54) is 6.21 Å². The Morgan fingerprint density at radius 3 is 2.59 bits per heavy atom. The van der Waals surface area contributed by atoms with E-state index in [-0.39, 0.29) is 6.42 Å². The van der Waals surface area contributed by atoms with Gasteiger partial charge in [0.15, 0.2) is 11.5 Å². The number of carbonyl (C=O) groups is 1. The molecular formula is C19H17Br2N3O3. The fourth-order valence-electron chi connectivity index (χ4n) is 2.06. The molecule has 0 atom stereocenters. The Kier molecular flexibility index (Phi) is 8.30. The zero-order chi connectivity index (χ0) is 19.6. The molecule has 2 aromatic carbocycles. The molecule has 0 saturated carbocycles. The van der Waals surface area contributed by atoms with Crippen molar-refractivity contribution in [1.82, 2.24) is 5.43 Å². The third kappa shape index (κ3) is 6.70. The number of halogens is 2. The second kappa shape index (κ2) is 10.7. The van der Waals surface area contributed by atoms with Gasteiger partial charge in [-0.1, -0.05) is 28.1 Å². The van der Waals surface area contributed by atoms with E-state index < -0.39 is 5.91 Å². The Hall–Kier alpha value is -2.37. The van der Waals surface area contributed by atoms with E-state index in [2.05, 4.69) is 42.4 Å². The molecule has 6 nitrogen and oxygen atoms in total. The van der Waals surface area contributed by atoms with Crippen LogP contribution in [0.5, 0.6) is 11.5 Å². The van der Waals surface area contributed by atoms with Gasteiger partial charge in [0.25, 0.3) is 5.91 Å². The minimum atomic E-state index is -0.468. The predicted octanol–water partition coefficient (Wildman–Crippen LogP) is 4.55. The molecule has 140 valence electrons. The van der Waals surface area contributed by atoms with Gasteiger partial charge < -0.3 is 9.47 Å². The minimum Gasteiger partial charge on any atom is -0.490 e. The number of hydrogen-bond donors (Lipinski definition) is 1. The number of rotatable bonds is 8. The van der Waals surface area contributed by atoms with Gasteiger partial charge in [-0.2, -0.15) is 10.4 Å². The van der Waals surface area contributed by atoms with Crippen LogP contribution in [-0.2, 0) is 11.4 Å². The number of nitrogens with one attached hydrogen (secondary N) is 1. The lowest BCUT2D eigenvalue weighted by Gasteiger charge is -2.14. The highest BCUT2D eigenvalue weighted by Gasteiger charge is 2.11. The van der Waals surface area contributed by atoms with Crippen LogP contribution in [0.1, 0.15) is 24.5 Å². The monoisotopic (exact) mass is 493 g/mol. The van der Waals surface area contributed by atoms with Crippen molar-refractivity contribution < 1.29 is 14.3 Å². The summed E-state index contributed by atoms with van der Waals surface area (Å²) in [5, 5.41) is 12.3. The van der Waals surface area contributed by atoms with Gasteiger partial charge in [0.2, 0.25) is 0 Å². The fraction of sp³-hybridized carbons (Fsp3) is 0.211. The maximum absolute atomic E-state index is 11.3. The first-order valence-electron chi connectivity index (χ1n) is 8.06. The Morgan fingerprint density at radius 2 is 1.93 bits per heavy atom. The first-order chi connectivity index (χ1) is 13.0. The van der Waals surface area contributed by atoms with Gasteiger partial charge in [-0.3, -0.25) is 4.79 Å². The summed E-state index contributed by atoms with van der Waals surface area (Å²) in [6, 6.07) is 13.2. The summed E-state index contributed by atoms with van der Waals surface area (Å²) in [5.74, 6) is 0.698. The largest absolute Gasteiger partial charge is 0.490 e. The van der Waals surface area contributed by atoms with Crippen LogP contribution in [-0.4, -0.2) is 18.7 Å². The number of amides is 1. The number of hydrazone groups is 1. The molecule has 0 fully saturated rings. The number of carbonyl (C=O) groups excluding carboxylic acids is 1. The number of nitriles is 1. The topological polar surface area (TPSA) is 83.7 Å². The van der Waals surface area contributed by atoms with Crippen molar-refractivity contribution in [2.45, 2.75) is 20.0 Å². The van der Waals surface area contributed by atoms with Crippen molar-refractivity contribution in [3.05, 3.63) is 56.5 Å². The van der Waals surface area contributed by atoms with Crippen LogP contribution in [0.15, 0.2) is 50.4 Å². The summed E-state index contributed by atoms with van der Waals surface area (Å²) in [6.45, 7) is 2.76. The number of ether oxygens (including phenoxy) is 2. The standard InChI is InChI=1S/C19H17Br2N3O3/c1-2-26-17-9-14(11-23-24-19(25)7-8-22)16(21)10-18(17)27-12-13-3-5-15(20)6-4-13/h3-6,9-11H,2,7,12H2,1H3,(H,24,25)/b23-11-. The maximum atomic E-state index is 11.3. The summed E-state index contributed by atoms with van der Waals surface area (Å²) in [4.78, 5) is 11.3. The zero-order valence-corrected chi connectivity index (χ0v) is 17.7. The van der Waals surface area contributed by atoms with E-state index >= 15 is 0 Å². The Labute approximate surface area is 174 Å². The van der Waals surface area contributed by atoms with Crippen molar-refractivity contribution in [3.63, 3.8) is 0 Å². The van der Waals surface area contributed by atoms with Gasteiger partial charge in [0.1, 0.15) is 13.0 Å². The number of nitrogens with zero attached hydrogens (tertiary/aromatic N) is 2. The molecule has 0 aromatic heterocycles. The lowest BCUT2D eigenvalue weighted by Crippen LogP contribution is -2.16. The van der Waals surface area contributed by atoms with Crippen molar-refractivity contribution in [2.24, 2.45) is 5.10 Å². The molecular weight excluding hydrogens is 478 g/mol. The molecule has 0 aliphatic rings. The minimum absolute atomic E-state index is 0.245. The number of hydrogen-bond acceptors (Lipinski definition) is 5. The lowest BCUT2D eigenvalue weighted by atomic mass is 10.2. The average Bonchev–Trinajstić information content (AvgIpc) is 2.64. The SMILES string of the molecule is CCOc1cc(/C=N\NC(=O)CC#N)c(Br)cc1OCc1ccc(Br)cc1. The smallest absolute Gasteiger partial charge is 0.254 e.